The lowest BCUT2D eigenvalue weighted by atomic mass is 10.2. The number of hydrogen-bond donors (Lipinski definition) is 2. The number of nitrogens with zero attached hydrogens (tertiary/aromatic N) is 4. The summed E-state index contributed by atoms with van der Waals surface area (Å²) in [7, 11) is 1.79. The number of pyridine rings is 1. The number of carbonyl (C=O) groups excluding carboxylic acids is 1. The Morgan fingerprint density at radius 1 is 1.44 bits per heavy atom. The maximum absolute atomic E-state index is 12.0. The number of ether oxygens (including phenoxy) is 1. The molecule has 0 bridgehead atoms. The van der Waals surface area contributed by atoms with Crippen LogP contribution in [0.5, 0.6) is 0 Å². The molecule has 0 aliphatic carbocycles. The van der Waals surface area contributed by atoms with Gasteiger partial charge in [0, 0.05) is 38.9 Å². The van der Waals surface area contributed by atoms with Crippen LogP contribution in [0, 0.1) is 6.92 Å². The standard InChI is InChI=1S/C17H24N6O2/c1-12-8-16(22(3)21-12)20-17(24)19-10-14-4-5-15(18-9-14)23-6-7-25-13(2)11-23/h4-5,8-9,13H,6-7,10-11H2,1-3H3,(H2,19,20,24)/t13-/m1/s1. The predicted octanol–water partition coefficient (Wildman–Crippen LogP) is 1.67. The largest absolute Gasteiger partial charge is 0.375 e. The Hall–Kier alpha value is -2.61. The minimum atomic E-state index is -0.269. The van der Waals surface area contributed by atoms with Crippen molar-refractivity contribution in [3.63, 3.8) is 0 Å². The van der Waals surface area contributed by atoms with Crippen molar-refractivity contribution in [3.8, 4) is 0 Å². The van der Waals surface area contributed by atoms with E-state index in [1.807, 2.05) is 25.1 Å². The second-order valence-corrected chi connectivity index (χ2v) is 6.25. The molecule has 134 valence electrons. The average Bonchev–Trinajstić information content (AvgIpc) is 2.90. The zero-order valence-corrected chi connectivity index (χ0v) is 14.8. The van der Waals surface area contributed by atoms with E-state index in [9.17, 15) is 4.79 Å². The van der Waals surface area contributed by atoms with E-state index in [0.717, 1.165) is 36.8 Å². The number of aryl methyl sites for hydroxylation is 2. The molecular weight excluding hydrogens is 320 g/mol. The summed E-state index contributed by atoms with van der Waals surface area (Å²) in [5.74, 6) is 1.60. The molecule has 1 saturated heterocycles. The number of rotatable bonds is 4. The van der Waals surface area contributed by atoms with Crippen molar-refractivity contribution < 1.29 is 9.53 Å². The molecule has 0 radical (unpaired) electrons. The van der Waals surface area contributed by atoms with Crippen LogP contribution in [-0.2, 0) is 18.3 Å². The first-order valence-corrected chi connectivity index (χ1v) is 8.38. The fourth-order valence-electron chi connectivity index (χ4n) is 2.81. The third-order valence-corrected chi connectivity index (χ3v) is 4.07. The van der Waals surface area contributed by atoms with Crippen LogP contribution < -0.4 is 15.5 Å². The van der Waals surface area contributed by atoms with E-state index in [2.05, 4.69) is 32.5 Å². The summed E-state index contributed by atoms with van der Waals surface area (Å²) in [5, 5.41) is 9.79. The quantitative estimate of drug-likeness (QED) is 0.881. The summed E-state index contributed by atoms with van der Waals surface area (Å²) in [6.45, 7) is 6.77. The maximum atomic E-state index is 12.0. The van der Waals surface area contributed by atoms with Crippen LogP contribution in [-0.4, -0.2) is 46.6 Å². The lowest BCUT2D eigenvalue weighted by Crippen LogP contribution is -2.41. The first-order chi connectivity index (χ1) is 12.0. The summed E-state index contributed by atoms with van der Waals surface area (Å²) in [5.41, 5.74) is 1.80. The van der Waals surface area contributed by atoms with E-state index in [1.165, 1.54) is 0 Å². The first kappa shape index (κ1) is 17.2. The SMILES string of the molecule is Cc1cc(NC(=O)NCc2ccc(N3CCO[C@H](C)C3)nc2)n(C)n1. The van der Waals surface area contributed by atoms with Gasteiger partial charge in [0.15, 0.2) is 0 Å². The molecule has 0 saturated carbocycles. The fourth-order valence-corrected chi connectivity index (χ4v) is 2.81. The van der Waals surface area contributed by atoms with Crippen molar-refractivity contribution >= 4 is 17.7 Å². The minimum absolute atomic E-state index is 0.219. The van der Waals surface area contributed by atoms with Gasteiger partial charge in [-0.3, -0.25) is 10.00 Å². The molecule has 8 nitrogen and oxygen atoms in total. The van der Waals surface area contributed by atoms with Gasteiger partial charge in [0.2, 0.25) is 0 Å². The third kappa shape index (κ3) is 4.48. The van der Waals surface area contributed by atoms with Gasteiger partial charge in [0.25, 0.3) is 0 Å². The van der Waals surface area contributed by atoms with Gasteiger partial charge in [0.05, 0.1) is 18.4 Å². The molecule has 1 aliphatic heterocycles. The van der Waals surface area contributed by atoms with Gasteiger partial charge in [-0.15, -0.1) is 0 Å². The summed E-state index contributed by atoms with van der Waals surface area (Å²) >= 11 is 0. The highest BCUT2D eigenvalue weighted by Crippen LogP contribution is 2.15. The van der Waals surface area contributed by atoms with Crippen LogP contribution >= 0.6 is 0 Å². The van der Waals surface area contributed by atoms with E-state index < -0.39 is 0 Å². The maximum Gasteiger partial charge on any atom is 0.320 e. The Kier molecular flexibility index (Phi) is 5.18. The number of nitrogens with one attached hydrogen (secondary N) is 2. The van der Waals surface area contributed by atoms with E-state index in [1.54, 1.807) is 17.9 Å². The Balaban J connectivity index is 1.51. The van der Waals surface area contributed by atoms with Crippen molar-refractivity contribution in [2.24, 2.45) is 7.05 Å². The van der Waals surface area contributed by atoms with Gasteiger partial charge in [-0.1, -0.05) is 6.07 Å². The molecule has 1 aliphatic rings. The first-order valence-electron chi connectivity index (χ1n) is 8.38. The summed E-state index contributed by atoms with van der Waals surface area (Å²) in [6, 6.07) is 5.52. The summed E-state index contributed by atoms with van der Waals surface area (Å²) in [6.07, 6.45) is 2.01. The molecule has 25 heavy (non-hydrogen) atoms. The van der Waals surface area contributed by atoms with E-state index in [4.69, 9.17) is 4.74 Å². The monoisotopic (exact) mass is 344 g/mol. The smallest absolute Gasteiger partial charge is 0.320 e. The zero-order chi connectivity index (χ0) is 17.8. The average molecular weight is 344 g/mol. The number of anilines is 2. The number of aromatic nitrogens is 3. The molecule has 3 rings (SSSR count). The van der Waals surface area contributed by atoms with Crippen molar-refractivity contribution in [2.45, 2.75) is 26.5 Å². The summed E-state index contributed by atoms with van der Waals surface area (Å²) < 4.78 is 7.18. The van der Waals surface area contributed by atoms with Crippen LogP contribution in [0.4, 0.5) is 16.4 Å². The molecule has 2 aromatic heterocycles. The minimum Gasteiger partial charge on any atom is -0.375 e. The Morgan fingerprint density at radius 3 is 2.92 bits per heavy atom. The molecule has 1 atom stereocenters. The number of carbonyl (C=O) groups is 1. The third-order valence-electron chi connectivity index (χ3n) is 4.07. The van der Waals surface area contributed by atoms with Crippen molar-refractivity contribution in [1.29, 1.82) is 0 Å². The molecular formula is C17H24N6O2. The lowest BCUT2D eigenvalue weighted by Gasteiger charge is -2.32. The van der Waals surface area contributed by atoms with Crippen LogP contribution in [0.1, 0.15) is 18.2 Å². The van der Waals surface area contributed by atoms with Crippen molar-refractivity contribution in [1.82, 2.24) is 20.1 Å². The van der Waals surface area contributed by atoms with Crippen molar-refractivity contribution in [3.05, 3.63) is 35.7 Å². The zero-order valence-electron chi connectivity index (χ0n) is 14.8. The molecule has 1 fully saturated rings. The lowest BCUT2D eigenvalue weighted by molar-refractivity contribution is 0.0529. The number of amides is 2. The topological polar surface area (TPSA) is 84.3 Å². The molecule has 0 aromatic carbocycles. The second-order valence-electron chi connectivity index (χ2n) is 6.25. The van der Waals surface area contributed by atoms with E-state index >= 15 is 0 Å². The molecule has 0 spiro atoms. The fraction of sp³-hybridized carbons (Fsp3) is 0.471. The van der Waals surface area contributed by atoms with Gasteiger partial charge in [-0.05, 0) is 25.5 Å². The van der Waals surface area contributed by atoms with Crippen LogP contribution in [0.3, 0.4) is 0 Å². The Bertz CT molecular complexity index is 727. The van der Waals surface area contributed by atoms with Gasteiger partial charge in [-0.25, -0.2) is 9.78 Å². The van der Waals surface area contributed by atoms with E-state index in [0.29, 0.717) is 12.4 Å². The molecule has 2 amide bonds. The number of urea groups is 1. The highest BCUT2D eigenvalue weighted by atomic mass is 16.5. The number of morpholine rings is 1. The van der Waals surface area contributed by atoms with Crippen LogP contribution in [0.15, 0.2) is 24.4 Å². The van der Waals surface area contributed by atoms with Gasteiger partial charge >= 0.3 is 6.03 Å². The molecule has 2 aromatic rings. The van der Waals surface area contributed by atoms with Gasteiger partial charge in [0.1, 0.15) is 11.6 Å². The van der Waals surface area contributed by atoms with Crippen LogP contribution in [0.2, 0.25) is 0 Å². The van der Waals surface area contributed by atoms with Gasteiger partial charge in [-0.2, -0.15) is 5.10 Å². The number of hydrogen-bond acceptors (Lipinski definition) is 5. The van der Waals surface area contributed by atoms with Crippen LogP contribution in [0.25, 0.3) is 0 Å². The summed E-state index contributed by atoms with van der Waals surface area (Å²) in [4.78, 5) is 18.7. The normalized spacial score (nSPS) is 17.4. The highest BCUT2D eigenvalue weighted by Gasteiger charge is 2.17. The Morgan fingerprint density at radius 2 is 2.28 bits per heavy atom. The molecule has 2 N–H and O–H groups in total. The molecule has 0 unspecified atom stereocenters. The highest BCUT2D eigenvalue weighted by molar-refractivity contribution is 5.88. The second kappa shape index (κ2) is 7.52. The predicted molar refractivity (Wildman–Crippen MR) is 95.7 cm³/mol. The van der Waals surface area contributed by atoms with E-state index in [-0.39, 0.29) is 12.1 Å². The Labute approximate surface area is 147 Å². The van der Waals surface area contributed by atoms with Crippen molar-refractivity contribution in [2.75, 3.05) is 29.9 Å². The molecule has 8 heteroatoms. The van der Waals surface area contributed by atoms with Gasteiger partial charge < -0.3 is 15.0 Å². The molecule has 3 heterocycles.